The maximum Gasteiger partial charge on any atom is 0.340 e. The molecule has 0 saturated carbocycles. The predicted octanol–water partition coefficient (Wildman–Crippen LogP) is 4.11. The van der Waals surface area contributed by atoms with Gasteiger partial charge in [-0.15, -0.1) is 0 Å². The molecule has 2 N–H and O–H groups in total. The number of rotatable bonds is 0. The number of halogens is 2. The predicted molar refractivity (Wildman–Crippen MR) is 125 cm³/mol. The number of hydrogen-bond acceptors (Lipinski definition) is 5. The molecule has 0 unspecified atom stereocenters. The Balaban J connectivity index is 0.00000120. The molecule has 2 radical (unpaired) electrons. The Morgan fingerprint density at radius 2 is 1.28 bits per heavy atom. The molecule has 5 nitrogen and oxygen atoms in total. The van der Waals surface area contributed by atoms with Crippen molar-refractivity contribution in [3.8, 4) is 23.0 Å². The fraction of sp³-hybridized carbons (Fsp3) is 0.0500. The second-order valence-electron chi connectivity index (χ2n) is 6.27. The van der Waals surface area contributed by atoms with E-state index in [9.17, 15) is 15.0 Å². The smallest absolute Gasteiger partial charge is 0.340 e. The summed E-state index contributed by atoms with van der Waals surface area (Å²) < 4.78 is 13.1. The Morgan fingerprint density at radius 3 is 1.83 bits per heavy atom. The van der Waals surface area contributed by atoms with Gasteiger partial charge in [0.25, 0.3) is 0 Å². The molecule has 5 rings (SSSR count). The van der Waals surface area contributed by atoms with E-state index in [0.717, 1.165) is 0 Å². The maximum absolute atomic E-state index is 12.7. The Kier molecular flexibility index (Phi) is 6.93. The Bertz CT molecular complexity index is 1110. The van der Waals surface area contributed by atoms with Crippen LogP contribution in [0.1, 0.15) is 27.0 Å². The normalized spacial score (nSPS) is 14.5. The topological polar surface area (TPSA) is 76.0 Å². The molecule has 1 spiro atoms. The third kappa shape index (κ3) is 3.27. The van der Waals surface area contributed by atoms with Gasteiger partial charge in [0.05, 0.1) is 12.7 Å². The van der Waals surface area contributed by atoms with Gasteiger partial charge in [-0.3, -0.25) is 0 Å². The Morgan fingerprint density at radius 1 is 0.759 bits per heavy atom. The molecule has 0 aliphatic carbocycles. The van der Waals surface area contributed by atoms with Crippen LogP contribution < -0.4 is 4.74 Å². The van der Waals surface area contributed by atoms with Gasteiger partial charge in [0.2, 0.25) is 0 Å². The van der Waals surface area contributed by atoms with E-state index in [-0.39, 0.29) is 70.6 Å². The first-order chi connectivity index (χ1) is 12.9. The number of phenolic OH excluding ortho intramolecular Hbond substituents is 2. The van der Waals surface area contributed by atoms with Crippen LogP contribution in [-0.2, 0) is 10.3 Å². The van der Waals surface area contributed by atoms with E-state index in [1.165, 1.54) is 0 Å². The zero-order chi connectivity index (χ0) is 18.9. The van der Waals surface area contributed by atoms with Crippen molar-refractivity contribution in [3.63, 3.8) is 0 Å². The number of esters is 1. The maximum atomic E-state index is 12.7. The second kappa shape index (κ2) is 8.50. The molecule has 0 saturated heterocycles. The van der Waals surface area contributed by atoms with Gasteiger partial charge in [-0.25, -0.2) is 4.79 Å². The van der Waals surface area contributed by atoms with Gasteiger partial charge in [-0.05, 0) is 75.5 Å². The van der Waals surface area contributed by atoms with E-state index in [1.807, 2.05) is 57.3 Å². The zero-order valence-corrected chi connectivity index (χ0v) is 23.8. The van der Waals surface area contributed by atoms with Crippen LogP contribution in [0.5, 0.6) is 23.0 Å². The summed E-state index contributed by atoms with van der Waals surface area (Å²) in [5, 5.41) is 20.4. The van der Waals surface area contributed by atoms with Gasteiger partial charge in [0, 0.05) is 75.8 Å². The molecule has 136 valence electrons. The molecule has 0 bridgehead atoms. The van der Waals surface area contributed by atoms with Crippen LogP contribution >= 0.6 is 45.2 Å². The number of benzene rings is 3. The number of fused-ring (bicyclic) bond motifs is 6. The van der Waals surface area contributed by atoms with Gasteiger partial charge < -0.3 is 19.7 Å². The molecule has 0 atom stereocenters. The van der Waals surface area contributed by atoms with E-state index in [2.05, 4.69) is 0 Å². The summed E-state index contributed by atoms with van der Waals surface area (Å²) in [7, 11) is 0. The van der Waals surface area contributed by atoms with Gasteiger partial charge in [0.15, 0.2) is 17.1 Å². The molecule has 0 aromatic heterocycles. The number of aromatic hydroxyl groups is 2. The Hall–Kier alpha value is -0.01000. The summed E-state index contributed by atoms with van der Waals surface area (Å²) >= 11 is 4.00. The molecular formula is C20H10I2Na2O5. The standard InChI is InChI=1S/C20H10I2O5.2Na/c21-15-13(23)7-5-11-17(15)26-18-12(6-8-14(24)16(18)22)20(11)10-4-2-1-3-9(10)19(25)27-20;;/h1-8,23-24H;;. The van der Waals surface area contributed by atoms with E-state index >= 15 is 0 Å². The summed E-state index contributed by atoms with van der Waals surface area (Å²) in [6.45, 7) is 0. The number of ether oxygens (including phenoxy) is 2. The van der Waals surface area contributed by atoms with Crippen molar-refractivity contribution in [2.75, 3.05) is 0 Å². The number of carbonyl (C=O) groups excluding carboxylic acids is 1. The minimum Gasteiger partial charge on any atom is -0.507 e. The molecule has 2 heterocycles. The first-order valence-corrected chi connectivity index (χ1v) is 10.2. The van der Waals surface area contributed by atoms with Crippen LogP contribution in [0.25, 0.3) is 0 Å². The summed E-state index contributed by atoms with van der Waals surface area (Å²) in [6, 6.07) is 13.8. The fourth-order valence-electron chi connectivity index (χ4n) is 3.71. The van der Waals surface area contributed by atoms with Crippen LogP contribution in [0.4, 0.5) is 0 Å². The summed E-state index contributed by atoms with van der Waals surface area (Å²) in [4.78, 5) is 12.7. The molecular weight excluding hydrogens is 620 g/mol. The molecule has 3 aromatic carbocycles. The Labute approximate surface area is 238 Å². The van der Waals surface area contributed by atoms with Crippen molar-refractivity contribution in [1.82, 2.24) is 0 Å². The van der Waals surface area contributed by atoms with Crippen molar-refractivity contribution in [2.45, 2.75) is 5.60 Å². The molecule has 0 fully saturated rings. The van der Waals surface area contributed by atoms with Crippen LogP contribution in [-0.4, -0.2) is 75.3 Å². The molecule has 3 aromatic rings. The largest absolute Gasteiger partial charge is 0.507 e. The van der Waals surface area contributed by atoms with E-state index in [4.69, 9.17) is 9.47 Å². The molecule has 0 amide bonds. The summed E-state index contributed by atoms with van der Waals surface area (Å²) in [6.07, 6.45) is 0. The third-order valence-corrected chi connectivity index (χ3v) is 6.97. The first-order valence-electron chi connectivity index (χ1n) is 7.99. The molecule has 2 aliphatic rings. The molecule has 2 aliphatic heterocycles. The van der Waals surface area contributed by atoms with Crippen molar-refractivity contribution < 1.29 is 24.5 Å². The van der Waals surface area contributed by atoms with Gasteiger partial charge in [0.1, 0.15) is 11.5 Å². The van der Waals surface area contributed by atoms with Gasteiger partial charge >= 0.3 is 5.97 Å². The SMILES string of the molecule is O=C1OC2(c3ccccc31)c1ccc(O)c(I)c1Oc1c2ccc(O)c1I.[Na].[Na]. The summed E-state index contributed by atoms with van der Waals surface area (Å²) in [5.41, 5.74) is 1.28. The van der Waals surface area contributed by atoms with E-state index < -0.39 is 11.6 Å². The van der Waals surface area contributed by atoms with Crippen molar-refractivity contribution in [3.05, 3.63) is 77.9 Å². The van der Waals surface area contributed by atoms with Gasteiger partial charge in [-0.2, -0.15) is 0 Å². The van der Waals surface area contributed by atoms with Crippen LogP contribution in [0, 0.1) is 7.14 Å². The first kappa shape index (κ1) is 23.6. The molecule has 29 heavy (non-hydrogen) atoms. The minimum absolute atomic E-state index is 0. The van der Waals surface area contributed by atoms with Crippen LogP contribution in [0.2, 0.25) is 0 Å². The van der Waals surface area contributed by atoms with Crippen LogP contribution in [0.3, 0.4) is 0 Å². The average Bonchev–Trinajstić information content (AvgIpc) is 2.96. The zero-order valence-electron chi connectivity index (χ0n) is 15.5. The number of hydrogen-bond donors (Lipinski definition) is 2. The van der Waals surface area contributed by atoms with Gasteiger partial charge in [-0.1, -0.05) is 18.2 Å². The fourth-order valence-corrected chi connectivity index (χ4v) is 4.87. The second-order valence-corrected chi connectivity index (χ2v) is 8.43. The third-order valence-electron chi connectivity index (χ3n) is 4.89. The van der Waals surface area contributed by atoms with Crippen molar-refractivity contribution >= 4 is 110 Å². The molecule has 9 heteroatoms. The average molecular weight is 630 g/mol. The number of phenols is 2. The van der Waals surface area contributed by atoms with Crippen molar-refractivity contribution in [1.29, 1.82) is 0 Å². The van der Waals surface area contributed by atoms with E-state index in [0.29, 0.717) is 40.9 Å². The van der Waals surface area contributed by atoms with Crippen LogP contribution in [0.15, 0.2) is 48.5 Å². The van der Waals surface area contributed by atoms with E-state index in [1.54, 1.807) is 36.4 Å². The quantitative estimate of drug-likeness (QED) is 0.223. The van der Waals surface area contributed by atoms with Crippen molar-refractivity contribution in [2.24, 2.45) is 0 Å². The summed E-state index contributed by atoms with van der Waals surface area (Å²) in [5.74, 6) is 0.546. The monoisotopic (exact) mass is 630 g/mol. The minimum atomic E-state index is -1.20. The number of carbonyl (C=O) groups is 1.